The number of hydrogen-bond acceptors (Lipinski definition) is 4. The van der Waals surface area contributed by atoms with Gasteiger partial charge in [0.25, 0.3) is 5.69 Å². The van der Waals surface area contributed by atoms with Crippen molar-refractivity contribution in [3.8, 4) is 0 Å². The molecule has 1 saturated heterocycles. The van der Waals surface area contributed by atoms with Crippen LogP contribution in [-0.4, -0.2) is 49.4 Å². The van der Waals surface area contributed by atoms with Crippen molar-refractivity contribution in [2.24, 2.45) is 0 Å². The van der Waals surface area contributed by atoms with Crippen LogP contribution in [0.4, 0.5) is 11.4 Å². The molecule has 1 aliphatic rings. The number of quaternary nitrogens is 1. The predicted octanol–water partition coefficient (Wildman–Crippen LogP) is -0.0546. The molecule has 19 heavy (non-hydrogen) atoms. The molecule has 0 unspecified atom stereocenters. The van der Waals surface area contributed by atoms with Crippen LogP contribution in [0.5, 0.6) is 0 Å². The highest BCUT2D eigenvalue weighted by molar-refractivity contribution is 6.33. The summed E-state index contributed by atoms with van der Waals surface area (Å²) in [6, 6.07) is 4.75. The van der Waals surface area contributed by atoms with Gasteiger partial charge in [0.15, 0.2) is 0 Å². The molecule has 1 aromatic rings. The standard InChI is InChI=1S/C12H16ClN3O3/c13-10-2-1-3-11(16(18)19)12(10)15-6-4-14(5-7-15)8-9-17/h1-3,17H,4-9H2/p+1. The third-order valence-corrected chi connectivity index (χ3v) is 3.72. The number of halogens is 1. The van der Waals surface area contributed by atoms with E-state index in [0.717, 1.165) is 19.6 Å². The summed E-state index contributed by atoms with van der Waals surface area (Å²) in [6.45, 7) is 4.01. The van der Waals surface area contributed by atoms with Crippen LogP contribution in [0.2, 0.25) is 5.02 Å². The highest BCUT2D eigenvalue weighted by Gasteiger charge is 2.27. The van der Waals surface area contributed by atoms with Gasteiger partial charge in [0, 0.05) is 6.07 Å². The minimum atomic E-state index is -0.395. The second kappa shape index (κ2) is 6.18. The zero-order valence-electron chi connectivity index (χ0n) is 10.5. The van der Waals surface area contributed by atoms with E-state index < -0.39 is 4.92 Å². The van der Waals surface area contributed by atoms with Gasteiger partial charge in [0.1, 0.15) is 12.2 Å². The molecule has 0 saturated carbocycles. The number of benzene rings is 1. The van der Waals surface area contributed by atoms with Gasteiger partial charge < -0.3 is 14.9 Å². The Morgan fingerprint density at radius 1 is 1.42 bits per heavy atom. The molecule has 1 heterocycles. The Kier molecular flexibility index (Phi) is 4.57. The van der Waals surface area contributed by atoms with Gasteiger partial charge in [-0.2, -0.15) is 0 Å². The molecule has 0 aliphatic carbocycles. The van der Waals surface area contributed by atoms with E-state index in [9.17, 15) is 10.1 Å². The number of para-hydroxylation sites is 1. The number of hydrogen-bond donors (Lipinski definition) is 2. The number of anilines is 1. The lowest BCUT2D eigenvalue weighted by atomic mass is 10.2. The van der Waals surface area contributed by atoms with Crippen molar-refractivity contribution in [2.45, 2.75) is 0 Å². The lowest BCUT2D eigenvalue weighted by Crippen LogP contribution is -3.15. The second-order valence-electron chi connectivity index (χ2n) is 4.58. The monoisotopic (exact) mass is 286 g/mol. The van der Waals surface area contributed by atoms with E-state index in [0.29, 0.717) is 23.8 Å². The Hall–Kier alpha value is -1.37. The van der Waals surface area contributed by atoms with E-state index in [2.05, 4.69) is 0 Å². The number of aliphatic hydroxyl groups is 1. The normalized spacial score (nSPS) is 16.6. The van der Waals surface area contributed by atoms with Gasteiger partial charge in [0.05, 0.1) is 42.7 Å². The van der Waals surface area contributed by atoms with Crippen LogP contribution in [0.15, 0.2) is 18.2 Å². The van der Waals surface area contributed by atoms with Crippen molar-refractivity contribution in [1.29, 1.82) is 0 Å². The van der Waals surface area contributed by atoms with Gasteiger partial charge in [0.2, 0.25) is 0 Å². The molecule has 2 N–H and O–H groups in total. The summed E-state index contributed by atoms with van der Waals surface area (Å²) in [6.07, 6.45) is 0. The third-order valence-electron chi connectivity index (χ3n) is 3.41. The maximum atomic E-state index is 11.1. The van der Waals surface area contributed by atoms with Crippen LogP contribution >= 0.6 is 11.6 Å². The molecule has 104 valence electrons. The zero-order valence-corrected chi connectivity index (χ0v) is 11.3. The van der Waals surface area contributed by atoms with Gasteiger partial charge in [-0.25, -0.2) is 0 Å². The highest BCUT2D eigenvalue weighted by Crippen LogP contribution is 2.35. The summed E-state index contributed by atoms with van der Waals surface area (Å²) in [5.74, 6) is 0. The van der Waals surface area contributed by atoms with Crippen molar-refractivity contribution < 1.29 is 14.9 Å². The Bertz CT molecular complexity index is 462. The Balaban J connectivity index is 2.17. The molecular weight excluding hydrogens is 270 g/mol. The number of aliphatic hydroxyl groups excluding tert-OH is 1. The fourth-order valence-corrected chi connectivity index (χ4v) is 2.71. The molecular formula is C12H17ClN3O3+. The number of nitro groups is 1. The molecule has 0 atom stereocenters. The van der Waals surface area contributed by atoms with Gasteiger partial charge in [-0.05, 0) is 6.07 Å². The summed E-state index contributed by atoms with van der Waals surface area (Å²) in [7, 11) is 0. The molecule has 7 heteroatoms. The van der Waals surface area contributed by atoms with E-state index >= 15 is 0 Å². The molecule has 1 fully saturated rings. The molecule has 6 nitrogen and oxygen atoms in total. The van der Waals surface area contributed by atoms with Crippen molar-refractivity contribution in [1.82, 2.24) is 0 Å². The Labute approximate surface area is 116 Å². The average molecular weight is 287 g/mol. The highest BCUT2D eigenvalue weighted by atomic mass is 35.5. The second-order valence-corrected chi connectivity index (χ2v) is 4.98. The fraction of sp³-hybridized carbons (Fsp3) is 0.500. The van der Waals surface area contributed by atoms with Crippen LogP contribution in [-0.2, 0) is 0 Å². The molecule has 1 aromatic carbocycles. The molecule has 0 bridgehead atoms. The number of piperazine rings is 1. The number of nitro benzene ring substituents is 1. The summed E-state index contributed by atoms with van der Waals surface area (Å²) in [5.41, 5.74) is 0.565. The first-order valence-corrected chi connectivity index (χ1v) is 6.63. The first-order valence-electron chi connectivity index (χ1n) is 6.25. The summed E-state index contributed by atoms with van der Waals surface area (Å²) in [5, 5.41) is 20.4. The Morgan fingerprint density at radius 3 is 2.68 bits per heavy atom. The molecule has 2 rings (SSSR count). The quantitative estimate of drug-likeness (QED) is 0.601. The van der Waals surface area contributed by atoms with Crippen LogP contribution in [0, 0.1) is 10.1 Å². The van der Waals surface area contributed by atoms with E-state index in [-0.39, 0.29) is 12.3 Å². The lowest BCUT2D eigenvalue weighted by Gasteiger charge is -2.33. The zero-order chi connectivity index (χ0) is 13.8. The first-order chi connectivity index (χ1) is 9.13. The van der Waals surface area contributed by atoms with Gasteiger partial charge in [-0.15, -0.1) is 0 Å². The van der Waals surface area contributed by atoms with E-state index in [1.165, 1.54) is 11.0 Å². The van der Waals surface area contributed by atoms with Crippen LogP contribution in [0.3, 0.4) is 0 Å². The van der Waals surface area contributed by atoms with Crippen LogP contribution < -0.4 is 9.80 Å². The fourth-order valence-electron chi connectivity index (χ4n) is 2.42. The van der Waals surface area contributed by atoms with Gasteiger partial charge in [-0.3, -0.25) is 10.1 Å². The van der Waals surface area contributed by atoms with Crippen LogP contribution in [0.25, 0.3) is 0 Å². The van der Waals surface area contributed by atoms with Crippen molar-refractivity contribution in [3.05, 3.63) is 33.3 Å². The SMILES string of the molecule is O=[N+]([O-])c1cccc(Cl)c1N1CC[NH+](CCO)CC1. The average Bonchev–Trinajstić information content (AvgIpc) is 2.40. The molecule has 1 aliphatic heterocycles. The van der Waals surface area contributed by atoms with Crippen molar-refractivity contribution in [2.75, 3.05) is 44.2 Å². The smallest absolute Gasteiger partial charge is 0.294 e. The maximum absolute atomic E-state index is 11.1. The van der Waals surface area contributed by atoms with E-state index in [1.54, 1.807) is 12.1 Å². The summed E-state index contributed by atoms with van der Waals surface area (Å²) < 4.78 is 0. The van der Waals surface area contributed by atoms with Crippen molar-refractivity contribution >= 4 is 23.0 Å². The van der Waals surface area contributed by atoms with E-state index in [1.807, 2.05) is 4.90 Å². The molecule has 0 radical (unpaired) electrons. The van der Waals surface area contributed by atoms with E-state index in [4.69, 9.17) is 16.7 Å². The minimum Gasteiger partial charge on any atom is -0.391 e. The molecule has 0 spiro atoms. The predicted molar refractivity (Wildman–Crippen MR) is 73.0 cm³/mol. The summed E-state index contributed by atoms with van der Waals surface area (Å²) in [4.78, 5) is 13.9. The van der Waals surface area contributed by atoms with Crippen LogP contribution in [0.1, 0.15) is 0 Å². The summed E-state index contributed by atoms with van der Waals surface area (Å²) >= 11 is 6.11. The minimum absolute atomic E-state index is 0.0538. The number of nitrogens with one attached hydrogen (secondary N) is 1. The molecule has 0 amide bonds. The Morgan fingerprint density at radius 2 is 2.11 bits per heavy atom. The first kappa shape index (κ1) is 14.0. The third kappa shape index (κ3) is 3.15. The lowest BCUT2D eigenvalue weighted by molar-refractivity contribution is -0.900. The number of rotatable bonds is 4. The van der Waals surface area contributed by atoms with Crippen molar-refractivity contribution in [3.63, 3.8) is 0 Å². The number of nitrogens with zero attached hydrogens (tertiary/aromatic N) is 2. The van der Waals surface area contributed by atoms with Gasteiger partial charge in [-0.1, -0.05) is 17.7 Å². The topological polar surface area (TPSA) is 71.0 Å². The molecule has 0 aromatic heterocycles. The van der Waals surface area contributed by atoms with Gasteiger partial charge >= 0.3 is 0 Å². The largest absolute Gasteiger partial charge is 0.391 e. The maximum Gasteiger partial charge on any atom is 0.294 e.